The van der Waals surface area contributed by atoms with Gasteiger partial charge in [0, 0.05) is 23.3 Å². The van der Waals surface area contributed by atoms with Gasteiger partial charge < -0.3 is 35.7 Å². The molecule has 2 saturated heterocycles. The Hall–Kier alpha value is -1.56. The third-order valence-corrected chi connectivity index (χ3v) is 10.00. The van der Waals surface area contributed by atoms with Gasteiger partial charge in [0.25, 0.3) is 0 Å². The van der Waals surface area contributed by atoms with Gasteiger partial charge in [0.15, 0.2) is 0 Å². The maximum absolute atomic E-state index is 7.10. The van der Waals surface area contributed by atoms with E-state index in [-0.39, 0.29) is 28.1 Å². The summed E-state index contributed by atoms with van der Waals surface area (Å²) < 4.78 is 19.0. The molecule has 192 valence electrons. The van der Waals surface area contributed by atoms with Crippen molar-refractivity contribution < 1.29 is 35.7 Å². The first-order chi connectivity index (χ1) is 16.3. The van der Waals surface area contributed by atoms with Crippen molar-refractivity contribution in [2.45, 2.75) is 64.8 Å². The highest BCUT2D eigenvalue weighted by Gasteiger charge is 2.78. The molecule has 2 aliphatic heterocycles. The summed E-state index contributed by atoms with van der Waals surface area (Å²) in [5.74, 6) is 4.43. The van der Waals surface area contributed by atoms with Crippen molar-refractivity contribution in [2.24, 2.45) is 23.7 Å². The smallest absolute Gasteiger partial charge is 0.128 e. The molecule has 3 aliphatic rings. The number of rotatable bonds is 8. The topological polar surface area (TPSA) is 27.7 Å². The maximum atomic E-state index is 7.10. The lowest BCUT2D eigenvalue weighted by Gasteiger charge is -2.43. The number of hydrogen-bond donors (Lipinski definition) is 0. The van der Waals surface area contributed by atoms with Gasteiger partial charge in [-0.3, -0.25) is 0 Å². The molecule has 1 aliphatic carbocycles. The Morgan fingerprint density at radius 3 is 2.03 bits per heavy atom. The summed E-state index contributed by atoms with van der Waals surface area (Å²) in [5, 5.41) is 0. The van der Waals surface area contributed by atoms with E-state index >= 15 is 0 Å². The lowest BCUT2D eigenvalue weighted by atomic mass is 9.72. The first-order valence-corrected chi connectivity index (χ1v) is 13.0. The lowest BCUT2D eigenvalue weighted by molar-refractivity contribution is -0.968. The van der Waals surface area contributed by atoms with E-state index in [1.54, 1.807) is 14.2 Å². The van der Waals surface area contributed by atoms with Crippen LogP contribution in [0.5, 0.6) is 11.5 Å². The molecule has 0 amide bonds. The minimum absolute atomic E-state index is 0. The highest BCUT2D eigenvalue weighted by Crippen LogP contribution is 2.67. The van der Waals surface area contributed by atoms with Crippen molar-refractivity contribution in [1.29, 1.82) is 0 Å². The number of halogens is 1. The normalized spacial score (nSPS) is 35.1. The predicted octanol–water partition coefficient (Wildman–Crippen LogP) is 3.08. The summed E-state index contributed by atoms with van der Waals surface area (Å²) in [4.78, 5) is 0. The van der Waals surface area contributed by atoms with Crippen molar-refractivity contribution >= 4 is 0 Å². The van der Waals surface area contributed by atoms with E-state index in [0.29, 0.717) is 18.4 Å². The maximum Gasteiger partial charge on any atom is 0.128 e. The number of benzene rings is 2. The summed E-state index contributed by atoms with van der Waals surface area (Å²) in [5.41, 5.74) is 2.80. The largest absolute Gasteiger partial charge is 1.00 e. The van der Waals surface area contributed by atoms with Crippen LogP contribution < -0.4 is 26.5 Å². The van der Waals surface area contributed by atoms with Crippen LogP contribution in [0.1, 0.15) is 51.7 Å². The van der Waals surface area contributed by atoms with E-state index in [9.17, 15) is 0 Å². The minimum atomic E-state index is -0.101. The Morgan fingerprint density at radius 1 is 0.914 bits per heavy atom. The van der Waals surface area contributed by atoms with E-state index in [0.717, 1.165) is 40.9 Å². The van der Waals surface area contributed by atoms with Gasteiger partial charge in [-0.2, -0.15) is 0 Å². The molecule has 0 radical (unpaired) electrons. The number of methoxy groups -OCH3 is 2. The Bertz CT molecular complexity index is 1010. The van der Waals surface area contributed by atoms with Crippen molar-refractivity contribution in [3.8, 4) is 11.5 Å². The first kappa shape index (κ1) is 26.5. The van der Waals surface area contributed by atoms with Crippen LogP contribution in [0.25, 0.3) is 0 Å². The number of ether oxygens (including phenoxy) is 3. The summed E-state index contributed by atoms with van der Waals surface area (Å²) in [6.07, 6.45) is 2.63. The van der Waals surface area contributed by atoms with Gasteiger partial charge in [-0.15, -0.1) is 0 Å². The molecule has 0 unspecified atom stereocenters. The Kier molecular flexibility index (Phi) is 7.36. The van der Waals surface area contributed by atoms with E-state index in [2.05, 4.69) is 64.1 Å². The van der Waals surface area contributed by atoms with Crippen LogP contribution in [0.2, 0.25) is 0 Å². The third-order valence-electron chi connectivity index (χ3n) is 10.00. The van der Waals surface area contributed by atoms with E-state index in [1.165, 1.54) is 30.5 Å². The van der Waals surface area contributed by atoms with Crippen molar-refractivity contribution in [3.63, 3.8) is 0 Å². The summed E-state index contributed by atoms with van der Waals surface area (Å²) in [6.45, 7) is 14.0. The molecule has 4 nitrogen and oxygen atoms in total. The fourth-order valence-electron chi connectivity index (χ4n) is 8.37. The van der Waals surface area contributed by atoms with Gasteiger partial charge in [0.1, 0.15) is 35.7 Å². The van der Waals surface area contributed by atoms with Gasteiger partial charge in [0.05, 0.1) is 27.4 Å². The zero-order valence-electron chi connectivity index (χ0n) is 22.2. The molecule has 0 bridgehead atoms. The van der Waals surface area contributed by atoms with Gasteiger partial charge in [-0.25, -0.2) is 0 Å². The lowest BCUT2D eigenvalue weighted by Crippen LogP contribution is -3.00. The Morgan fingerprint density at radius 2 is 1.49 bits per heavy atom. The van der Waals surface area contributed by atoms with Crippen LogP contribution in [-0.4, -0.2) is 42.9 Å². The Balaban J connectivity index is 0.00000289. The quantitative estimate of drug-likeness (QED) is 0.479. The van der Waals surface area contributed by atoms with Gasteiger partial charge in [0.2, 0.25) is 0 Å². The van der Waals surface area contributed by atoms with Crippen LogP contribution in [-0.2, 0) is 17.9 Å². The van der Waals surface area contributed by atoms with E-state index in [1.807, 2.05) is 12.1 Å². The fraction of sp³-hybridized carbons (Fsp3) is 0.600. The zero-order chi connectivity index (χ0) is 24.1. The number of nitrogens with zero attached hydrogens (tertiary/aromatic N) is 1. The molecular weight excluding hydrogens is 502 g/mol. The SMILES string of the molecule is COc1ccc(CO[C@]2(C(C)C)C[N@+]3(Cc4ccc(OC)cc4)C[C@@H](C)[C@@H]4CC[C@H]2[C@@]43C)cc1.[Br-]. The summed E-state index contributed by atoms with van der Waals surface area (Å²) >= 11 is 0. The average molecular weight is 545 g/mol. The molecule has 5 heteroatoms. The monoisotopic (exact) mass is 543 g/mol. The average Bonchev–Trinajstić information content (AvgIpc) is 3.38. The summed E-state index contributed by atoms with van der Waals surface area (Å²) in [7, 11) is 3.46. The molecule has 35 heavy (non-hydrogen) atoms. The first-order valence-electron chi connectivity index (χ1n) is 13.0. The molecule has 2 aromatic carbocycles. The van der Waals surface area contributed by atoms with E-state index < -0.39 is 0 Å². The standard InChI is InChI=1S/C30H42NO3.BrH/c1-21(2)30(34-19-24-9-13-26(33-6)14-10-24)20-31(18-23-7-11-25(32-5)12-8-23)17-22(3)27-15-16-28(30)29(27,31)4;/h7-14,21-22,27-28H,15-20H2,1-6H3;1H/q+1;/p-1/t22-,27+,28+,29-,30+,31-;/m1./s1. The van der Waals surface area contributed by atoms with Gasteiger partial charge in [-0.1, -0.05) is 32.9 Å². The number of hydrogen-bond acceptors (Lipinski definition) is 3. The molecule has 2 heterocycles. The van der Waals surface area contributed by atoms with Crippen molar-refractivity contribution in [1.82, 2.24) is 0 Å². The molecule has 1 saturated carbocycles. The molecule has 3 fully saturated rings. The molecule has 2 aromatic rings. The zero-order valence-corrected chi connectivity index (χ0v) is 23.8. The highest BCUT2D eigenvalue weighted by molar-refractivity contribution is 5.28. The predicted molar refractivity (Wildman–Crippen MR) is 136 cm³/mol. The van der Waals surface area contributed by atoms with Crippen LogP contribution >= 0.6 is 0 Å². The molecule has 0 spiro atoms. The third kappa shape index (κ3) is 4.02. The second-order valence-electron chi connectivity index (χ2n) is 11.7. The van der Waals surface area contributed by atoms with Crippen LogP contribution in [0.3, 0.4) is 0 Å². The highest BCUT2D eigenvalue weighted by atomic mass is 79.9. The van der Waals surface area contributed by atoms with Gasteiger partial charge in [-0.05, 0) is 67.6 Å². The fourth-order valence-corrected chi connectivity index (χ4v) is 8.37. The number of quaternary nitrogens is 1. The van der Waals surface area contributed by atoms with Crippen molar-refractivity contribution in [3.05, 3.63) is 59.7 Å². The minimum Gasteiger partial charge on any atom is -1.00 e. The molecular formula is C30H42BrNO3. The van der Waals surface area contributed by atoms with E-state index in [4.69, 9.17) is 14.2 Å². The molecule has 5 rings (SSSR count). The van der Waals surface area contributed by atoms with Crippen LogP contribution in [0.4, 0.5) is 0 Å². The second-order valence-corrected chi connectivity index (χ2v) is 11.7. The van der Waals surface area contributed by atoms with Gasteiger partial charge >= 0.3 is 0 Å². The molecule has 0 N–H and O–H groups in total. The summed E-state index contributed by atoms with van der Waals surface area (Å²) in [6, 6.07) is 17.1. The second kappa shape index (κ2) is 9.72. The van der Waals surface area contributed by atoms with Crippen molar-refractivity contribution in [2.75, 3.05) is 27.3 Å². The van der Waals surface area contributed by atoms with Crippen LogP contribution in [0, 0.1) is 23.7 Å². The van der Waals surface area contributed by atoms with Crippen LogP contribution in [0.15, 0.2) is 48.5 Å². The molecule has 6 atom stereocenters. The molecule has 0 aromatic heterocycles. The Labute approximate surface area is 222 Å².